The Hall–Kier alpha value is -3.19. The van der Waals surface area contributed by atoms with Gasteiger partial charge in [-0.05, 0) is 43.3 Å². The zero-order valence-corrected chi connectivity index (χ0v) is 16.4. The van der Waals surface area contributed by atoms with E-state index in [0.29, 0.717) is 17.9 Å². The number of carbonyl (C=O) groups excluding carboxylic acids is 2. The second-order valence-corrected chi connectivity index (χ2v) is 6.79. The summed E-state index contributed by atoms with van der Waals surface area (Å²) in [5.74, 6) is -0.242. The number of likely N-dealkylation sites (N-methyl/N-ethyl adjacent to an activating group) is 1. The number of rotatable bonds is 7. The predicted octanol–water partition coefficient (Wildman–Crippen LogP) is 3.93. The SMILES string of the molecule is C[C@H](OC(=O)c1ccc(OCc2cscn2)cc1)C(=O)N(C)c1ccccc1. The van der Waals surface area contributed by atoms with Crippen molar-refractivity contribution in [2.24, 2.45) is 0 Å². The molecule has 0 spiro atoms. The Morgan fingerprint density at radius 1 is 1.11 bits per heavy atom. The van der Waals surface area contributed by atoms with Gasteiger partial charge in [0.05, 0.1) is 16.8 Å². The molecule has 0 aliphatic rings. The van der Waals surface area contributed by atoms with E-state index in [4.69, 9.17) is 9.47 Å². The minimum Gasteiger partial charge on any atom is -0.487 e. The van der Waals surface area contributed by atoms with E-state index in [0.717, 1.165) is 11.4 Å². The first-order valence-electron chi connectivity index (χ1n) is 8.68. The van der Waals surface area contributed by atoms with E-state index in [2.05, 4.69) is 4.98 Å². The third kappa shape index (κ3) is 4.95. The van der Waals surface area contributed by atoms with Crippen LogP contribution in [0.1, 0.15) is 23.0 Å². The van der Waals surface area contributed by atoms with Gasteiger partial charge < -0.3 is 14.4 Å². The molecule has 6 nitrogen and oxygen atoms in total. The number of amides is 1. The summed E-state index contributed by atoms with van der Waals surface area (Å²) < 4.78 is 10.9. The third-order valence-corrected chi connectivity index (χ3v) is 4.70. The molecule has 1 heterocycles. The van der Waals surface area contributed by atoms with Gasteiger partial charge >= 0.3 is 5.97 Å². The number of hydrogen-bond acceptors (Lipinski definition) is 6. The van der Waals surface area contributed by atoms with Crippen molar-refractivity contribution >= 4 is 28.9 Å². The number of carbonyl (C=O) groups is 2. The van der Waals surface area contributed by atoms with Crippen molar-refractivity contribution in [3.63, 3.8) is 0 Å². The molecule has 3 aromatic rings. The molecule has 0 bridgehead atoms. The number of thiazole rings is 1. The Labute approximate surface area is 167 Å². The molecule has 1 aromatic heterocycles. The fourth-order valence-electron chi connectivity index (χ4n) is 2.48. The van der Waals surface area contributed by atoms with Crippen molar-refractivity contribution < 1.29 is 19.1 Å². The highest BCUT2D eigenvalue weighted by Gasteiger charge is 2.23. The van der Waals surface area contributed by atoms with Crippen LogP contribution in [0, 0.1) is 0 Å². The summed E-state index contributed by atoms with van der Waals surface area (Å²) in [6, 6.07) is 15.8. The van der Waals surface area contributed by atoms with Crippen molar-refractivity contribution in [1.29, 1.82) is 0 Å². The lowest BCUT2D eigenvalue weighted by Crippen LogP contribution is -2.37. The molecular formula is C21H20N2O4S. The van der Waals surface area contributed by atoms with Gasteiger partial charge in [0.15, 0.2) is 6.10 Å². The molecule has 144 valence electrons. The minimum atomic E-state index is -0.904. The van der Waals surface area contributed by atoms with E-state index >= 15 is 0 Å². The van der Waals surface area contributed by atoms with Crippen molar-refractivity contribution in [2.45, 2.75) is 19.6 Å². The molecule has 0 unspecified atom stereocenters. The Morgan fingerprint density at radius 3 is 2.46 bits per heavy atom. The van der Waals surface area contributed by atoms with Gasteiger partial charge in [0.2, 0.25) is 0 Å². The first-order valence-corrected chi connectivity index (χ1v) is 9.62. The van der Waals surface area contributed by atoms with E-state index < -0.39 is 12.1 Å². The van der Waals surface area contributed by atoms with E-state index in [-0.39, 0.29) is 5.91 Å². The minimum absolute atomic E-state index is 0.303. The molecule has 3 rings (SSSR count). The summed E-state index contributed by atoms with van der Waals surface area (Å²) in [5, 5.41) is 1.91. The molecule has 0 aliphatic heterocycles. The molecule has 0 N–H and O–H groups in total. The summed E-state index contributed by atoms with van der Waals surface area (Å²) in [6.45, 7) is 1.93. The molecule has 0 aliphatic carbocycles. The van der Waals surface area contributed by atoms with Gasteiger partial charge in [-0.2, -0.15) is 0 Å². The number of anilines is 1. The number of hydrogen-bond donors (Lipinski definition) is 0. The van der Waals surface area contributed by atoms with E-state index in [9.17, 15) is 9.59 Å². The third-order valence-electron chi connectivity index (χ3n) is 4.07. The number of esters is 1. The van der Waals surface area contributed by atoms with Crippen LogP contribution in [0.3, 0.4) is 0 Å². The monoisotopic (exact) mass is 396 g/mol. The summed E-state index contributed by atoms with van der Waals surface area (Å²) in [6.07, 6.45) is -0.904. The van der Waals surface area contributed by atoms with Crippen LogP contribution in [0.2, 0.25) is 0 Å². The second-order valence-electron chi connectivity index (χ2n) is 6.07. The number of nitrogens with zero attached hydrogens (tertiary/aromatic N) is 2. The average molecular weight is 396 g/mol. The van der Waals surface area contributed by atoms with Gasteiger partial charge in [0.25, 0.3) is 5.91 Å². The van der Waals surface area contributed by atoms with Crippen molar-refractivity contribution in [2.75, 3.05) is 11.9 Å². The van der Waals surface area contributed by atoms with Crippen LogP contribution in [0.4, 0.5) is 5.69 Å². The first kappa shape index (κ1) is 19.6. The molecule has 0 fully saturated rings. The van der Waals surface area contributed by atoms with Crippen LogP contribution in [0.25, 0.3) is 0 Å². The maximum atomic E-state index is 12.5. The Balaban J connectivity index is 1.55. The first-order chi connectivity index (χ1) is 13.5. The van der Waals surface area contributed by atoms with Crippen molar-refractivity contribution in [3.8, 4) is 5.75 Å². The maximum absolute atomic E-state index is 12.5. The van der Waals surface area contributed by atoms with Crippen molar-refractivity contribution in [3.05, 3.63) is 76.7 Å². The highest BCUT2D eigenvalue weighted by atomic mass is 32.1. The summed E-state index contributed by atoms with van der Waals surface area (Å²) in [5.41, 5.74) is 3.68. The second kappa shape index (κ2) is 9.14. The van der Waals surface area contributed by atoms with E-state index in [1.807, 2.05) is 35.7 Å². The zero-order valence-electron chi connectivity index (χ0n) is 15.6. The van der Waals surface area contributed by atoms with E-state index in [1.165, 1.54) is 16.2 Å². The van der Waals surface area contributed by atoms with Gasteiger partial charge in [-0.25, -0.2) is 9.78 Å². The maximum Gasteiger partial charge on any atom is 0.338 e. The average Bonchev–Trinajstić information content (AvgIpc) is 3.25. The van der Waals surface area contributed by atoms with Crippen LogP contribution in [-0.2, 0) is 16.1 Å². The predicted molar refractivity (Wildman–Crippen MR) is 108 cm³/mol. The standard InChI is InChI=1S/C21H20N2O4S/c1-15(20(24)23(2)18-6-4-3-5-7-18)27-21(25)16-8-10-19(11-9-16)26-12-17-13-28-14-22-17/h3-11,13-15H,12H2,1-2H3/t15-/m0/s1. The molecule has 1 atom stereocenters. The van der Waals surface area contributed by atoms with Crippen LogP contribution in [0.5, 0.6) is 5.75 Å². The van der Waals surface area contributed by atoms with Gasteiger partial charge in [-0.1, -0.05) is 18.2 Å². The smallest absolute Gasteiger partial charge is 0.338 e. The van der Waals surface area contributed by atoms with Crippen LogP contribution >= 0.6 is 11.3 Å². The number of aromatic nitrogens is 1. The molecular weight excluding hydrogens is 376 g/mol. The largest absolute Gasteiger partial charge is 0.487 e. The quantitative estimate of drug-likeness (QED) is 0.566. The Bertz CT molecular complexity index is 911. The van der Waals surface area contributed by atoms with Crippen molar-refractivity contribution in [1.82, 2.24) is 4.98 Å². The lowest BCUT2D eigenvalue weighted by molar-refractivity contribution is -0.126. The summed E-state index contributed by atoms with van der Waals surface area (Å²) in [7, 11) is 1.65. The topological polar surface area (TPSA) is 68.7 Å². The van der Waals surface area contributed by atoms with Gasteiger partial charge in [-0.15, -0.1) is 11.3 Å². The van der Waals surface area contributed by atoms with Crippen LogP contribution in [-0.4, -0.2) is 30.0 Å². The Morgan fingerprint density at radius 2 is 1.82 bits per heavy atom. The normalized spacial score (nSPS) is 11.5. The number of benzene rings is 2. The molecule has 28 heavy (non-hydrogen) atoms. The highest BCUT2D eigenvalue weighted by Crippen LogP contribution is 2.17. The molecule has 0 radical (unpaired) electrons. The molecule has 0 saturated carbocycles. The molecule has 0 saturated heterocycles. The highest BCUT2D eigenvalue weighted by molar-refractivity contribution is 7.07. The lowest BCUT2D eigenvalue weighted by Gasteiger charge is -2.21. The Kier molecular flexibility index (Phi) is 6.39. The molecule has 7 heteroatoms. The lowest BCUT2D eigenvalue weighted by atomic mass is 10.2. The molecule has 2 aromatic carbocycles. The summed E-state index contributed by atoms with van der Waals surface area (Å²) in [4.78, 5) is 30.4. The van der Waals surface area contributed by atoms with Gasteiger partial charge in [0, 0.05) is 18.1 Å². The van der Waals surface area contributed by atoms with Gasteiger partial charge in [0.1, 0.15) is 12.4 Å². The fraction of sp³-hybridized carbons (Fsp3) is 0.190. The summed E-state index contributed by atoms with van der Waals surface area (Å²) >= 11 is 1.51. The van der Waals surface area contributed by atoms with E-state index in [1.54, 1.807) is 43.7 Å². The number of ether oxygens (including phenoxy) is 2. The van der Waals surface area contributed by atoms with Crippen LogP contribution in [0.15, 0.2) is 65.5 Å². The van der Waals surface area contributed by atoms with Crippen LogP contribution < -0.4 is 9.64 Å². The van der Waals surface area contributed by atoms with Gasteiger partial charge in [-0.3, -0.25) is 4.79 Å². The fourth-order valence-corrected chi connectivity index (χ4v) is 3.03. The zero-order chi connectivity index (χ0) is 19.9. The number of para-hydroxylation sites is 1. The molecule has 1 amide bonds.